The van der Waals surface area contributed by atoms with Gasteiger partial charge in [0.2, 0.25) is 5.91 Å². The number of amides is 1. The molecule has 2 aromatic carbocycles. The number of benzene rings is 2. The maximum atomic E-state index is 13.1. The normalized spacial score (nSPS) is 15.3. The molecule has 1 aliphatic carbocycles. The van der Waals surface area contributed by atoms with Crippen molar-refractivity contribution in [3.8, 4) is 0 Å². The zero-order valence-electron chi connectivity index (χ0n) is 14.8. The van der Waals surface area contributed by atoms with Crippen LogP contribution in [0, 0.1) is 0 Å². The van der Waals surface area contributed by atoms with E-state index in [4.69, 9.17) is 0 Å². The van der Waals surface area contributed by atoms with Crippen LogP contribution < -0.4 is 0 Å². The quantitative estimate of drug-likeness (QED) is 0.845. The first-order chi connectivity index (χ1) is 11.5. The lowest BCUT2D eigenvalue weighted by atomic mass is 9.91. The van der Waals surface area contributed by atoms with Crippen molar-refractivity contribution < 1.29 is 4.79 Å². The molecule has 0 N–H and O–H groups in total. The summed E-state index contributed by atoms with van der Waals surface area (Å²) in [6.45, 7) is 0.873. The average molecular weight is 322 g/mol. The second kappa shape index (κ2) is 6.78. The van der Waals surface area contributed by atoms with Crippen LogP contribution in [-0.2, 0) is 24.1 Å². The number of rotatable bonds is 5. The highest BCUT2D eigenvalue weighted by molar-refractivity contribution is 5.88. The van der Waals surface area contributed by atoms with E-state index in [1.807, 2.05) is 20.2 Å². The Balaban J connectivity index is 1.82. The van der Waals surface area contributed by atoms with Gasteiger partial charge in [-0.25, -0.2) is 0 Å². The number of carbonyl (C=O) groups is 1. The van der Waals surface area contributed by atoms with E-state index in [9.17, 15) is 4.79 Å². The second-order valence-electron chi connectivity index (χ2n) is 7.01. The Kier molecular flexibility index (Phi) is 4.72. The van der Waals surface area contributed by atoms with E-state index in [2.05, 4.69) is 60.5 Å². The summed E-state index contributed by atoms with van der Waals surface area (Å²) in [5.74, 6) is 0.203. The summed E-state index contributed by atoms with van der Waals surface area (Å²) in [5.41, 5.74) is 3.47. The lowest BCUT2D eigenvalue weighted by Gasteiger charge is -2.39. The molecule has 0 unspecified atom stereocenters. The fourth-order valence-electron chi connectivity index (χ4n) is 3.75. The molecule has 0 atom stereocenters. The topological polar surface area (TPSA) is 23.6 Å². The SMILES string of the molecule is CN(C)C(=O)C1(N(C)CCc2ccccc2)Cc2ccccc2C1. The molecule has 3 rings (SSSR count). The first-order valence-electron chi connectivity index (χ1n) is 8.57. The highest BCUT2D eigenvalue weighted by Crippen LogP contribution is 2.35. The lowest BCUT2D eigenvalue weighted by molar-refractivity contribution is -0.140. The Morgan fingerprint density at radius 2 is 1.46 bits per heavy atom. The van der Waals surface area contributed by atoms with Gasteiger partial charge in [-0.05, 0) is 30.2 Å². The van der Waals surface area contributed by atoms with Crippen LogP contribution in [0.2, 0.25) is 0 Å². The van der Waals surface area contributed by atoms with Gasteiger partial charge in [-0.2, -0.15) is 0 Å². The summed E-state index contributed by atoms with van der Waals surface area (Å²) in [4.78, 5) is 17.1. The van der Waals surface area contributed by atoms with Crippen LogP contribution >= 0.6 is 0 Å². The molecule has 1 amide bonds. The molecule has 0 saturated carbocycles. The van der Waals surface area contributed by atoms with Crippen molar-refractivity contribution >= 4 is 5.91 Å². The third-order valence-corrected chi connectivity index (χ3v) is 5.20. The maximum absolute atomic E-state index is 13.1. The van der Waals surface area contributed by atoms with E-state index in [0.717, 1.165) is 25.8 Å². The molecule has 0 aromatic heterocycles. The molecule has 3 nitrogen and oxygen atoms in total. The van der Waals surface area contributed by atoms with Crippen LogP contribution in [0.25, 0.3) is 0 Å². The molecule has 0 aliphatic heterocycles. The van der Waals surface area contributed by atoms with Crippen molar-refractivity contribution in [1.29, 1.82) is 0 Å². The molecular weight excluding hydrogens is 296 g/mol. The van der Waals surface area contributed by atoms with Crippen molar-refractivity contribution in [3.05, 3.63) is 71.3 Å². The number of likely N-dealkylation sites (N-methyl/N-ethyl adjacent to an activating group) is 2. The minimum absolute atomic E-state index is 0.203. The number of hydrogen-bond donors (Lipinski definition) is 0. The van der Waals surface area contributed by atoms with E-state index >= 15 is 0 Å². The predicted octanol–water partition coefficient (Wildman–Crippen LogP) is 2.79. The Bertz CT molecular complexity index is 684. The van der Waals surface area contributed by atoms with Crippen LogP contribution in [0.3, 0.4) is 0 Å². The standard InChI is InChI=1S/C21H26N2O/c1-22(2)20(24)21(15-18-11-7-8-12-19(18)16-21)23(3)14-13-17-9-5-4-6-10-17/h4-12H,13-16H2,1-3H3. The maximum Gasteiger partial charge on any atom is 0.243 e. The monoisotopic (exact) mass is 322 g/mol. The van der Waals surface area contributed by atoms with Crippen LogP contribution in [-0.4, -0.2) is 48.9 Å². The highest BCUT2D eigenvalue weighted by atomic mass is 16.2. The molecule has 0 spiro atoms. The van der Waals surface area contributed by atoms with Crippen molar-refractivity contribution in [2.24, 2.45) is 0 Å². The van der Waals surface area contributed by atoms with Gasteiger partial charge in [-0.15, -0.1) is 0 Å². The highest BCUT2D eigenvalue weighted by Gasteiger charge is 2.47. The Morgan fingerprint density at radius 1 is 0.917 bits per heavy atom. The number of nitrogens with zero attached hydrogens (tertiary/aromatic N) is 2. The first kappa shape index (κ1) is 16.7. The molecule has 0 heterocycles. The Morgan fingerprint density at radius 3 is 2.00 bits per heavy atom. The van der Waals surface area contributed by atoms with Gasteiger partial charge in [0, 0.05) is 33.5 Å². The zero-order chi connectivity index (χ0) is 17.2. The molecular formula is C21H26N2O. The van der Waals surface area contributed by atoms with Gasteiger partial charge >= 0.3 is 0 Å². The number of carbonyl (C=O) groups excluding carboxylic acids is 1. The smallest absolute Gasteiger partial charge is 0.243 e. The molecule has 2 aromatic rings. The van der Waals surface area contributed by atoms with Crippen LogP contribution in [0.4, 0.5) is 0 Å². The molecule has 3 heteroatoms. The lowest BCUT2D eigenvalue weighted by Crippen LogP contribution is -2.58. The molecule has 24 heavy (non-hydrogen) atoms. The summed E-state index contributed by atoms with van der Waals surface area (Å²) in [7, 11) is 5.81. The minimum Gasteiger partial charge on any atom is -0.347 e. The van der Waals surface area contributed by atoms with E-state index in [1.165, 1.54) is 16.7 Å². The third-order valence-electron chi connectivity index (χ3n) is 5.20. The first-order valence-corrected chi connectivity index (χ1v) is 8.57. The zero-order valence-corrected chi connectivity index (χ0v) is 14.8. The van der Waals surface area contributed by atoms with E-state index < -0.39 is 5.54 Å². The summed E-state index contributed by atoms with van der Waals surface area (Å²) in [6, 6.07) is 18.9. The fourth-order valence-corrected chi connectivity index (χ4v) is 3.75. The molecule has 0 saturated heterocycles. The summed E-state index contributed by atoms with van der Waals surface area (Å²) in [6.07, 6.45) is 2.55. The Hall–Kier alpha value is -2.13. The summed E-state index contributed by atoms with van der Waals surface area (Å²) < 4.78 is 0. The second-order valence-corrected chi connectivity index (χ2v) is 7.01. The number of hydrogen-bond acceptors (Lipinski definition) is 2. The van der Waals surface area contributed by atoms with Gasteiger partial charge in [0.1, 0.15) is 5.54 Å². The van der Waals surface area contributed by atoms with Gasteiger partial charge < -0.3 is 4.90 Å². The van der Waals surface area contributed by atoms with Gasteiger partial charge in [-0.3, -0.25) is 9.69 Å². The van der Waals surface area contributed by atoms with E-state index in [0.29, 0.717) is 0 Å². The van der Waals surface area contributed by atoms with Crippen molar-refractivity contribution in [2.75, 3.05) is 27.7 Å². The third kappa shape index (κ3) is 3.09. The minimum atomic E-state index is -0.456. The molecule has 1 aliphatic rings. The van der Waals surface area contributed by atoms with E-state index in [1.54, 1.807) is 4.90 Å². The molecule has 0 radical (unpaired) electrons. The number of fused-ring (bicyclic) bond motifs is 1. The fraction of sp³-hybridized carbons (Fsp3) is 0.381. The summed E-state index contributed by atoms with van der Waals surface area (Å²) >= 11 is 0. The van der Waals surface area contributed by atoms with Gasteiger partial charge in [0.15, 0.2) is 0 Å². The Labute approximate surface area is 144 Å². The van der Waals surface area contributed by atoms with Gasteiger partial charge in [0.25, 0.3) is 0 Å². The van der Waals surface area contributed by atoms with Gasteiger partial charge in [-0.1, -0.05) is 54.6 Å². The van der Waals surface area contributed by atoms with E-state index in [-0.39, 0.29) is 5.91 Å². The van der Waals surface area contributed by atoms with Gasteiger partial charge in [0.05, 0.1) is 0 Å². The predicted molar refractivity (Wildman–Crippen MR) is 98.1 cm³/mol. The average Bonchev–Trinajstić information content (AvgIpc) is 3.00. The van der Waals surface area contributed by atoms with Crippen LogP contribution in [0.1, 0.15) is 16.7 Å². The van der Waals surface area contributed by atoms with Crippen molar-refractivity contribution in [1.82, 2.24) is 9.80 Å². The van der Waals surface area contributed by atoms with Crippen molar-refractivity contribution in [3.63, 3.8) is 0 Å². The largest absolute Gasteiger partial charge is 0.347 e. The molecule has 0 fully saturated rings. The van der Waals surface area contributed by atoms with Crippen LogP contribution in [0.5, 0.6) is 0 Å². The summed E-state index contributed by atoms with van der Waals surface area (Å²) in [5, 5.41) is 0. The van der Waals surface area contributed by atoms with Crippen molar-refractivity contribution in [2.45, 2.75) is 24.8 Å². The molecule has 0 bridgehead atoms. The molecule has 126 valence electrons. The van der Waals surface area contributed by atoms with Crippen LogP contribution in [0.15, 0.2) is 54.6 Å².